The van der Waals surface area contributed by atoms with E-state index in [-0.39, 0.29) is 0 Å². The summed E-state index contributed by atoms with van der Waals surface area (Å²) in [6.45, 7) is 3.00. The van der Waals surface area contributed by atoms with Crippen molar-refractivity contribution >= 4 is 23.4 Å². The number of hydrogen-bond donors (Lipinski definition) is 0. The maximum atomic E-state index is 5.66. The third-order valence-electron chi connectivity index (χ3n) is 2.43. The highest BCUT2D eigenvalue weighted by molar-refractivity contribution is 7.99. The summed E-state index contributed by atoms with van der Waals surface area (Å²) in [6.07, 6.45) is 4.81. The Labute approximate surface area is 98.6 Å². The number of rotatable bonds is 3. The third kappa shape index (κ3) is 3.06. The third-order valence-corrected chi connectivity index (χ3v) is 4.13. The van der Waals surface area contributed by atoms with Crippen molar-refractivity contribution in [1.29, 1.82) is 0 Å². The van der Waals surface area contributed by atoms with Crippen LogP contribution in [-0.4, -0.2) is 27.9 Å². The Morgan fingerprint density at radius 2 is 2.40 bits per heavy atom. The molecular formula is C10H13ClN2OS. The lowest BCUT2D eigenvalue weighted by molar-refractivity contribution is 0.127. The molecule has 5 heteroatoms. The highest BCUT2D eigenvalue weighted by Gasteiger charge is 2.24. The van der Waals surface area contributed by atoms with E-state index in [0.717, 1.165) is 24.5 Å². The number of nitrogens with zero attached hydrogens (tertiary/aromatic N) is 2. The van der Waals surface area contributed by atoms with Gasteiger partial charge in [0.05, 0.1) is 24.2 Å². The Balaban J connectivity index is 1.85. The summed E-state index contributed by atoms with van der Waals surface area (Å²) < 4.78 is 5.49. The Morgan fingerprint density at radius 3 is 3.00 bits per heavy atom. The van der Waals surface area contributed by atoms with Crippen LogP contribution in [0.2, 0.25) is 5.15 Å². The van der Waals surface area contributed by atoms with Crippen molar-refractivity contribution in [1.82, 2.24) is 9.97 Å². The Morgan fingerprint density at radius 1 is 1.53 bits per heavy atom. The molecule has 2 rings (SSSR count). The zero-order chi connectivity index (χ0) is 10.7. The molecule has 1 aliphatic heterocycles. The molecule has 2 atom stereocenters. The standard InChI is InChI=1S/C10H13ClN2OS/c1-7-9(2-3-14-7)15-6-8-4-13-10(11)5-12-8/h4-5,7,9H,2-3,6H2,1H3. The van der Waals surface area contributed by atoms with Crippen molar-refractivity contribution in [2.45, 2.75) is 30.5 Å². The fourth-order valence-corrected chi connectivity index (χ4v) is 2.78. The van der Waals surface area contributed by atoms with E-state index in [4.69, 9.17) is 16.3 Å². The molecule has 1 aliphatic rings. The van der Waals surface area contributed by atoms with Gasteiger partial charge in [0.25, 0.3) is 0 Å². The van der Waals surface area contributed by atoms with Gasteiger partial charge in [0, 0.05) is 17.6 Å². The first-order valence-corrected chi connectivity index (χ1v) is 6.38. The molecule has 0 aliphatic carbocycles. The van der Waals surface area contributed by atoms with Gasteiger partial charge >= 0.3 is 0 Å². The number of halogens is 1. The molecule has 15 heavy (non-hydrogen) atoms. The zero-order valence-electron chi connectivity index (χ0n) is 8.52. The predicted molar refractivity (Wildman–Crippen MR) is 62.2 cm³/mol. The summed E-state index contributed by atoms with van der Waals surface area (Å²) in [6, 6.07) is 0. The Bertz CT molecular complexity index is 320. The molecule has 2 heterocycles. The predicted octanol–water partition coefficient (Wildman–Crippen LogP) is 2.54. The average molecular weight is 245 g/mol. The first kappa shape index (κ1) is 11.2. The number of thioether (sulfide) groups is 1. The zero-order valence-corrected chi connectivity index (χ0v) is 10.1. The van der Waals surface area contributed by atoms with Crippen LogP contribution >= 0.6 is 23.4 Å². The number of aromatic nitrogens is 2. The molecule has 0 spiro atoms. The molecule has 0 amide bonds. The molecule has 1 aromatic rings. The van der Waals surface area contributed by atoms with Crippen LogP contribution in [-0.2, 0) is 10.5 Å². The molecule has 0 radical (unpaired) electrons. The van der Waals surface area contributed by atoms with Crippen LogP contribution in [0.15, 0.2) is 12.4 Å². The fourth-order valence-electron chi connectivity index (χ4n) is 1.54. The van der Waals surface area contributed by atoms with Crippen LogP contribution in [0.1, 0.15) is 19.0 Å². The summed E-state index contributed by atoms with van der Waals surface area (Å²) in [5.74, 6) is 0.878. The lowest BCUT2D eigenvalue weighted by Gasteiger charge is -2.12. The second-order valence-corrected chi connectivity index (χ2v) is 5.16. The van der Waals surface area contributed by atoms with Gasteiger partial charge in [-0.3, -0.25) is 4.98 Å². The van der Waals surface area contributed by atoms with Gasteiger partial charge in [-0.2, -0.15) is 0 Å². The molecule has 3 nitrogen and oxygen atoms in total. The van der Waals surface area contributed by atoms with Crippen LogP contribution in [0.4, 0.5) is 0 Å². The minimum atomic E-state index is 0.357. The average Bonchev–Trinajstić information content (AvgIpc) is 2.63. The molecule has 2 unspecified atom stereocenters. The molecular weight excluding hydrogens is 232 g/mol. The molecule has 0 aromatic carbocycles. The van der Waals surface area contributed by atoms with Crippen molar-refractivity contribution in [3.8, 4) is 0 Å². The van der Waals surface area contributed by atoms with E-state index >= 15 is 0 Å². The van der Waals surface area contributed by atoms with Crippen molar-refractivity contribution in [2.24, 2.45) is 0 Å². The number of hydrogen-bond acceptors (Lipinski definition) is 4. The SMILES string of the molecule is CC1OCCC1SCc1cnc(Cl)cn1. The highest BCUT2D eigenvalue weighted by Crippen LogP contribution is 2.28. The second kappa shape index (κ2) is 5.14. The van der Waals surface area contributed by atoms with Crippen molar-refractivity contribution in [3.05, 3.63) is 23.2 Å². The summed E-state index contributed by atoms with van der Waals surface area (Å²) in [5.41, 5.74) is 0.975. The highest BCUT2D eigenvalue weighted by atomic mass is 35.5. The van der Waals surface area contributed by atoms with Gasteiger partial charge in [0.1, 0.15) is 5.15 Å². The maximum absolute atomic E-state index is 5.66. The first-order valence-electron chi connectivity index (χ1n) is 4.95. The van der Waals surface area contributed by atoms with Crippen molar-refractivity contribution in [2.75, 3.05) is 6.61 Å². The minimum absolute atomic E-state index is 0.357. The quantitative estimate of drug-likeness (QED) is 0.819. The van der Waals surface area contributed by atoms with E-state index < -0.39 is 0 Å². The van der Waals surface area contributed by atoms with Gasteiger partial charge in [-0.1, -0.05) is 11.6 Å². The summed E-state index contributed by atoms with van der Waals surface area (Å²) >= 11 is 7.54. The molecule has 0 saturated carbocycles. The summed E-state index contributed by atoms with van der Waals surface area (Å²) in [5, 5.41) is 1.03. The van der Waals surface area contributed by atoms with E-state index in [2.05, 4.69) is 16.9 Å². The van der Waals surface area contributed by atoms with Crippen LogP contribution in [0, 0.1) is 0 Å². The first-order chi connectivity index (χ1) is 7.25. The van der Waals surface area contributed by atoms with Gasteiger partial charge in [-0.25, -0.2) is 4.98 Å². The van der Waals surface area contributed by atoms with E-state index in [9.17, 15) is 0 Å². The van der Waals surface area contributed by atoms with Crippen LogP contribution in [0.5, 0.6) is 0 Å². The van der Waals surface area contributed by atoms with Crippen LogP contribution < -0.4 is 0 Å². The number of ether oxygens (including phenoxy) is 1. The van der Waals surface area contributed by atoms with E-state index in [0.29, 0.717) is 16.5 Å². The van der Waals surface area contributed by atoms with Crippen molar-refractivity contribution < 1.29 is 4.74 Å². The molecule has 1 fully saturated rings. The second-order valence-electron chi connectivity index (χ2n) is 3.54. The lowest BCUT2D eigenvalue weighted by Crippen LogP contribution is -2.13. The van der Waals surface area contributed by atoms with Gasteiger partial charge in [0.15, 0.2) is 0 Å². The van der Waals surface area contributed by atoms with Gasteiger partial charge in [-0.15, -0.1) is 11.8 Å². The van der Waals surface area contributed by atoms with Crippen LogP contribution in [0.3, 0.4) is 0 Å². The van der Waals surface area contributed by atoms with Gasteiger partial charge in [0.2, 0.25) is 0 Å². The van der Waals surface area contributed by atoms with Crippen LogP contribution in [0.25, 0.3) is 0 Å². The molecule has 1 saturated heterocycles. The normalized spacial score (nSPS) is 25.7. The molecule has 82 valence electrons. The molecule has 0 bridgehead atoms. The van der Waals surface area contributed by atoms with Gasteiger partial charge in [-0.05, 0) is 13.3 Å². The largest absolute Gasteiger partial charge is 0.377 e. The minimum Gasteiger partial charge on any atom is -0.377 e. The van der Waals surface area contributed by atoms with Crippen molar-refractivity contribution in [3.63, 3.8) is 0 Å². The Kier molecular flexibility index (Phi) is 3.83. The summed E-state index contributed by atoms with van der Waals surface area (Å²) in [7, 11) is 0. The Hall–Kier alpha value is -0.320. The van der Waals surface area contributed by atoms with E-state index in [1.807, 2.05) is 11.8 Å². The van der Waals surface area contributed by atoms with Gasteiger partial charge < -0.3 is 4.74 Å². The van der Waals surface area contributed by atoms with E-state index in [1.54, 1.807) is 12.4 Å². The molecule has 0 N–H and O–H groups in total. The maximum Gasteiger partial charge on any atom is 0.147 e. The smallest absolute Gasteiger partial charge is 0.147 e. The topological polar surface area (TPSA) is 35.0 Å². The van der Waals surface area contributed by atoms with E-state index in [1.165, 1.54) is 0 Å². The molecule has 1 aromatic heterocycles. The fraction of sp³-hybridized carbons (Fsp3) is 0.600. The summed E-state index contributed by atoms with van der Waals surface area (Å²) in [4.78, 5) is 8.21. The monoisotopic (exact) mass is 244 g/mol. The lowest BCUT2D eigenvalue weighted by atomic mass is 10.3.